The predicted molar refractivity (Wildman–Crippen MR) is 61.1 cm³/mol. The van der Waals surface area contributed by atoms with Gasteiger partial charge < -0.3 is 10.5 Å². The van der Waals surface area contributed by atoms with Gasteiger partial charge in [0.25, 0.3) is 0 Å². The smallest absolute Gasteiger partial charge is 0.309 e. The summed E-state index contributed by atoms with van der Waals surface area (Å²) in [6.45, 7) is 1.30. The normalized spacial score (nSPS) is 10.1. The molecule has 2 aromatic rings. The Morgan fingerprint density at radius 1 is 1.50 bits per heavy atom. The lowest BCUT2D eigenvalue weighted by Crippen LogP contribution is -2.06. The molecule has 0 fully saturated rings. The summed E-state index contributed by atoms with van der Waals surface area (Å²) in [6, 6.07) is 3.38. The van der Waals surface area contributed by atoms with E-state index in [1.165, 1.54) is 18.3 Å². The zero-order valence-corrected chi connectivity index (χ0v) is 9.32. The molecule has 2 N–H and O–H groups in total. The minimum absolute atomic E-state index is 0.125. The highest BCUT2D eigenvalue weighted by molar-refractivity contribution is 7.13. The molecule has 6 heteroatoms. The van der Waals surface area contributed by atoms with Crippen molar-refractivity contribution < 1.29 is 9.53 Å². The molecule has 2 rings (SSSR count). The highest BCUT2D eigenvalue weighted by atomic mass is 32.1. The van der Waals surface area contributed by atoms with E-state index in [4.69, 9.17) is 10.5 Å². The van der Waals surface area contributed by atoms with Crippen molar-refractivity contribution in [1.82, 2.24) is 9.97 Å². The maximum atomic E-state index is 10.8. The van der Waals surface area contributed by atoms with Crippen LogP contribution < -0.4 is 10.5 Å². The van der Waals surface area contributed by atoms with Gasteiger partial charge in [0, 0.05) is 18.5 Å². The number of aromatic nitrogens is 2. The van der Waals surface area contributed by atoms with Gasteiger partial charge in [-0.25, -0.2) is 9.97 Å². The molecule has 0 radical (unpaired) electrons. The fraction of sp³-hybridized carbons (Fsp3) is 0.100. The molecule has 0 saturated carbocycles. The summed E-state index contributed by atoms with van der Waals surface area (Å²) in [6.07, 6.45) is 1.68. The first-order valence-electron chi connectivity index (χ1n) is 4.51. The summed E-state index contributed by atoms with van der Waals surface area (Å²) in [5.41, 5.74) is 6.60. The fourth-order valence-corrected chi connectivity index (χ4v) is 1.74. The minimum Gasteiger partial charge on any atom is -0.405 e. The highest BCUT2D eigenvalue weighted by Gasteiger charge is 2.09. The number of nitrogen functional groups attached to an aromatic ring is 1. The van der Waals surface area contributed by atoms with E-state index in [9.17, 15) is 4.79 Å². The van der Waals surface area contributed by atoms with Crippen molar-refractivity contribution in [2.75, 3.05) is 5.73 Å². The van der Waals surface area contributed by atoms with Crippen LogP contribution in [0.2, 0.25) is 0 Å². The van der Waals surface area contributed by atoms with Crippen LogP contribution in [0, 0.1) is 0 Å². The van der Waals surface area contributed by atoms with E-state index in [-0.39, 0.29) is 5.88 Å². The lowest BCUT2D eigenvalue weighted by atomic mass is 10.3. The largest absolute Gasteiger partial charge is 0.405 e. The summed E-state index contributed by atoms with van der Waals surface area (Å²) in [5.74, 6) is -0.323. The maximum absolute atomic E-state index is 10.8. The Hall–Kier alpha value is -1.95. The molecule has 0 saturated heterocycles. The van der Waals surface area contributed by atoms with Crippen LogP contribution in [0.3, 0.4) is 0 Å². The van der Waals surface area contributed by atoms with Gasteiger partial charge in [-0.3, -0.25) is 4.79 Å². The van der Waals surface area contributed by atoms with Gasteiger partial charge in [-0.1, -0.05) is 0 Å². The Morgan fingerprint density at radius 2 is 2.31 bits per heavy atom. The van der Waals surface area contributed by atoms with Crippen molar-refractivity contribution in [3.63, 3.8) is 0 Å². The van der Waals surface area contributed by atoms with Gasteiger partial charge in [0.15, 0.2) is 0 Å². The molecule has 82 valence electrons. The summed E-state index contributed by atoms with van der Waals surface area (Å²) in [4.78, 5) is 19.1. The molecule has 0 spiro atoms. The zero-order chi connectivity index (χ0) is 11.5. The minimum atomic E-state index is -0.449. The van der Waals surface area contributed by atoms with Crippen LogP contribution in [-0.2, 0) is 4.79 Å². The summed E-state index contributed by atoms with van der Waals surface area (Å²) in [5, 5.41) is 2.60. The van der Waals surface area contributed by atoms with Gasteiger partial charge in [-0.2, -0.15) is 0 Å². The van der Waals surface area contributed by atoms with E-state index in [0.29, 0.717) is 11.4 Å². The molecule has 0 atom stereocenters. The summed E-state index contributed by atoms with van der Waals surface area (Å²) < 4.78 is 4.89. The van der Waals surface area contributed by atoms with Crippen LogP contribution in [0.1, 0.15) is 6.92 Å². The maximum Gasteiger partial charge on any atom is 0.309 e. The van der Waals surface area contributed by atoms with E-state index in [0.717, 1.165) is 5.01 Å². The van der Waals surface area contributed by atoms with E-state index in [1.54, 1.807) is 18.3 Å². The molecule has 0 aromatic carbocycles. The Morgan fingerprint density at radius 3 is 2.94 bits per heavy atom. The molecule has 16 heavy (non-hydrogen) atoms. The number of carbonyl (C=O) groups is 1. The first kappa shape index (κ1) is 10.6. The number of nitrogens with two attached hydrogens (primary N) is 1. The number of thiazole rings is 1. The number of ether oxygens (including phenoxy) is 1. The van der Waals surface area contributed by atoms with Crippen molar-refractivity contribution in [3.8, 4) is 16.6 Å². The molecule has 0 bridgehead atoms. The first-order chi connectivity index (χ1) is 7.66. The molecular formula is C10H9N3O2S. The molecule has 0 unspecified atom stereocenters. The number of carbonyl (C=O) groups excluding carboxylic acids is 1. The number of pyridine rings is 1. The monoisotopic (exact) mass is 235 g/mol. The molecule has 0 aliphatic carbocycles. The van der Waals surface area contributed by atoms with E-state index in [1.807, 2.05) is 5.38 Å². The number of anilines is 1. The van der Waals surface area contributed by atoms with E-state index < -0.39 is 5.97 Å². The van der Waals surface area contributed by atoms with Crippen LogP contribution in [0.5, 0.6) is 5.88 Å². The standard InChI is InChI=1S/C10H9N3O2S/c1-6(14)15-9-7(11)2-3-8(13-9)10-12-4-5-16-10/h2-5H,11H2,1H3. The quantitative estimate of drug-likeness (QED) is 0.802. The molecule has 0 amide bonds. The average Bonchev–Trinajstić information content (AvgIpc) is 2.73. The lowest BCUT2D eigenvalue weighted by Gasteiger charge is -2.04. The second kappa shape index (κ2) is 4.28. The van der Waals surface area contributed by atoms with Crippen molar-refractivity contribution in [1.29, 1.82) is 0 Å². The second-order valence-electron chi connectivity index (χ2n) is 3.02. The predicted octanol–water partition coefficient (Wildman–Crippen LogP) is 1.71. The third kappa shape index (κ3) is 2.17. The summed E-state index contributed by atoms with van der Waals surface area (Å²) in [7, 11) is 0. The number of nitrogens with zero attached hydrogens (tertiary/aromatic N) is 2. The van der Waals surface area contributed by atoms with E-state index in [2.05, 4.69) is 9.97 Å². The third-order valence-electron chi connectivity index (χ3n) is 1.78. The second-order valence-corrected chi connectivity index (χ2v) is 3.92. The summed E-state index contributed by atoms with van der Waals surface area (Å²) >= 11 is 1.45. The molecule has 2 heterocycles. The Kier molecular flexibility index (Phi) is 2.82. The average molecular weight is 235 g/mol. The number of hydrogen-bond donors (Lipinski definition) is 1. The van der Waals surface area contributed by atoms with Gasteiger partial charge in [0.05, 0.1) is 5.69 Å². The number of hydrogen-bond acceptors (Lipinski definition) is 6. The van der Waals surface area contributed by atoms with Crippen LogP contribution in [0.25, 0.3) is 10.7 Å². The van der Waals surface area contributed by atoms with Crippen molar-refractivity contribution in [2.45, 2.75) is 6.92 Å². The number of esters is 1. The fourth-order valence-electron chi connectivity index (χ4n) is 1.14. The molecule has 0 aliphatic heterocycles. The van der Waals surface area contributed by atoms with Crippen LogP contribution in [0.15, 0.2) is 23.7 Å². The Balaban J connectivity index is 2.39. The van der Waals surface area contributed by atoms with Gasteiger partial charge in [-0.05, 0) is 12.1 Å². The van der Waals surface area contributed by atoms with Gasteiger partial charge in [-0.15, -0.1) is 11.3 Å². The zero-order valence-electron chi connectivity index (χ0n) is 8.51. The first-order valence-corrected chi connectivity index (χ1v) is 5.39. The molecule has 2 aromatic heterocycles. The van der Waals surface area contributed by atoms with E-state index >= 15 is 0 Å². The van der Waals surface area contributed by atoms with Gasteiger partial charge in [0.2, 0.25) is 5.88 Å². The van der Waals surface area contributed by atoms with Crippen LogP contribution in [-0.4, -0.2) is 15.9 Å². The third-order valence-corrected chi connectivity index (χ3v) is 2.58. The van der Waals surface area contributed by atoms with Gasteiger partial charge >= 0.3 is 5.97 Å². The van der Waals surface area contributed by atoms with Crippen LogP contribution >= 0.6 is 11.3 Å². The topological polar surface area (TPSA) is 78.1 Å². The lowest BCUT2D eigenvalue weighted by molar-refractivity contribution is -0.132. The molecule has 5 nitrogen and oxygen atoms in total. The van der Waals surface area contributed by atoms with Crippen LogP contribution in [0.4, 0.5) is 5.69 Å². The van der Waals surface area contributed by atoms with Crippen molar-refractivity contribution in [2.24, 2.45) is 0 Å². The molecule has 0 aliphatic rings. The highest BCUT2D eigenvalue weighted by Crippen LogP contribution is 2.25. The van der Waals surface area contributed by atoms with Gasteiger partial charge in [0.1, 0.15) is 10.7 Å². The Labute approximate surface area is 95.9 Å². The SMILES string of the molecule is CC(=O)Oc1nc(-c2nccs2)ccc1N. The molecular weight excluding hydrogens is 226 g/mol. The van der Waals surface area contributed by atoms with Crippen molar-refractivity contribution in [3.05, 3.63) is 23.7 Å². The Bertz CT molecular complexity index is 511. The van der Waals surface area contributed by atoms with Crippen molar-refractivity contribution >= 4 is 23.0 Å². The number of rotatable bonds is 2.